The number of likely N-dealkylation sites (N-methyl/N-ethyl adjacent to an activating group) is 1. The molecular formula is C17H22FN2O2+. The summed E-state index contributed by atoms with van der Waals surface area (Å²) in [5.41, 5.74) is 0.620. The van der Waals surface area contributed by atoms with E-state index in [-0.39, 0.29) is 11.7 Å². The molecule has 0 fully saturated rings. The Labute approximate surface area is 129 Å². The number of hydrogen-bond donors (Lipinski definition) is 2. The van der Waals surface area contributed by atoms with Crippen molar-refractivity contribution in [2.24, 2.45) is 0 Å². The van der Waals surface area contributed by atoms with E-state index in [2.05, 4.69) is 5.32 Å². The first-order chi connectivity index (χ1) is 10.5. The first kappa shape index (κ1) is 16.2. The molecule has 0 spiro atoms. The van der Waals surface area contributed by atoms with Gasteiger partial charge < -0.3 is 14.6 Å². The number of halogens is 1. The van der Waals surface area contributed by atoms with E-state index in [0.29, 0.717) is 31.6 Å². The summed E-state index contributed by atoms with van der Waals surface area (Å²) in [5, 5.41) is 2.82. The molecule has 5 heteroatoms. The number of aryl methyl sites for hydroxylation is 1. The van der Waals surface area contributed by atoms with E-state index in [0.717, 1.165) is 16.4 Å². The van der Waals surface area contributed by atoms with Gasteiger partial charge in [0.15, 0.2) is 12.3 Å². The monoisotopic (exact) mass is 305 g/mol. The lowest BCUT2D eigenvalue weighted by Crippen LogP contribution is -3.08. The maximum atomic E-state index is 13.4. The van der Waals surface area contributed by atoms with Crippen LogP contribution in [0.3, 0.4) is 0 Å². The first-order valence-electron chi connectivity index (χ1n) is 7.41. The van der Waals surface area contributed by atoms with Crippen LogP contribution in [0, 0.1) is 12.7 Å². The van der Waals surface area contributed by atoms with Gasteiger partial charge in [-0.25, -0.2) is 4.39 Å². The van der Waals surface area contributed by atoms with Crippen LogP contribution < -0.4 is 10.2 Å². The summed E-state index contributed by atoms with van der Waals surface area (Å²) < 4.78 is 18.9. The molecule has 0 saturated heterocycles. The van der Waals surface area contributed by atoms with Gasteiger partial charge in [0.1, 0.15) is 18.1 Å². The number of rotatable bonds is 7. The molecule has 118 valence electrons. The van der Waals surface area contributed by atoms with Gasteiger partial charge in [0.25, 0.3) is 5.91 Å². The van der Waals surface area contributed by atoms with Crippen LogP contribution in [0.5, 0.6) is 0 Å². The van der Waals surface area contributed by atoms with Crippen molar-refractivity contribution in [2.45, 2.75) is 19.9 Å². The van der Waals surface area contributed by atoms with Crippen LogP contribution in [0.15, 0.2) is 40.8 Å². The molecule has 1 heterocycles. The lowest BCUT2D eigenvalue weighted by Gasteiger charge is -2.12. The highest BCUT2D eigenvalue weighted by molar-refractivity contribution is 5.76. The number of carbonyl (C=O) groups excluding carboxylic acids is 1. The van der Waals surface area contributed by atoms with Crippen molar-refractivity contribution in [1.82, 2.24) is 5.32 Å². The minimum atomic E-state index is -0.229. The standard InChI is InChI=1S/C17H21FN2O2/c1-13-7-8-15(22-13)11-20(2)12-17(21)19-10-9-14-5-3-4-6-16(14)18/h3-8H,9-12H2,1-2H3,(H,19,21)/p+1. The molecular weight excluding hydrogens is 283 g/mol. The average molecular weight is 305 g/mol. The Balaban J connectivity index is 1.70. The molecule has 22 heavy (non-hydrogen) atoms. The number of nitrogens with one attached hydrogen (secondary N) is 2. The molecule has 0 aliphatic heterocycles. The van der Waals surface area contributed by atoms with Gasteiger partial charge in [0, 0.05) is 6.54 Å². The third kappa shape index (κ3) is 5.00. The number of carbonyl (C=O) groups is 1. The molecule has 0 radical (unpaired) electrons. The number of hydrogen-bond acceptors (Lipinski definition) is 2. The van der Waals surface area contributed by atoms with Crippen molar-refractivity contribution in [3.8, 4) is 0 Å². The molecule has 1 amide bonds. The van der Waals surface area contributed by atoms with Crippen LogP contribution in [0.2, 0.25) is 0 Å². The summed E-state index contributed by atoms with van der Waals surface area (Å²) in [4.78, 5) is 12.9. The van der Waals surface area contributed by atoms with E-state index >= 15 is 0 Å². The van der Waals surface area contributed by atoms with Crippen LogP contribution in [0.1, 0.15) is 17.1 Å². The predicted octanol–water partition coefficient (Wildman–Crippen LogP) is 1.10. The quantitative estimate of drug-likeness (QED) is 0.805. The Hall–Kier alpha value is -2.14. The highest BCUT2D eigenvalue weighted by Crippen LogP contribution is 2.06. The number of quaternary nitrogens is 1. The molecule has 1 unspecified atom stereocenters. The van der Waals surface area contributed by atoms with Gasteiger partial charge in [-0.2, -0.15) is 0 Å². The minimum absolute atomic E-state index is 0.0443. The summed E-state index contributed by atoms with van der Waals surface area (Å²) in [6.45, 7) is 3.35. The summed E-state index contributed by atoms with van der Waals surface area (Å²) in [6, 6.07) is 10.5. The van der Waals surface area contributed by atoms with E-state index < -0.39 is 0 Å². The smallest absolute Gasteiger partial charge is 0.275 e. The Bertz CT molecular complexity index is 625. The fourth-order valence-electron chi connectivity index (χ4n) is 2.31. The van der Waals surface area contributed by atoms with Crippen LogP contribution in [-0.4, -0.2) is 26.0 Å². The number of furan rings is 1. The molecule has 4 nitrogen and oxygen atoms in total. The molecule has 2 rings (SSSR count). The highest BCUT2D eigenvalue weighted by atomic mass is 19.1. The SMILES string of the molecule is Cc1ccc(C[NH+](C)CC(=O)NCCc2ccccc2F)o1. The molecule has 0 saturated carbocycles. The van der Waals surface area contributed by atoms with Gasteiger partial charge in [-0.3, -0.25) is 4.79 Å². The molecule has 1 atom stereocenters. The maximum absolute atomic E-state index is 13.4. The Morgan fingerprint density at radius 3 is 2.73 bits per heavy atom. The topological polar surface area (TPSA) is 46.7 Å². The molecule has 0 bridgehead atoms. The van der Waals surface area contributed by atoms with Gasteiger partial charge in [-0.15, -0.1) is 0 Å². The van der Waals surface area contributed by atoms with Gasteiger partial charge in [0.2, 0.25) is 0 Å². The molecule has 0 aliphatic carbocycles. The third-order valence-electron chi connectivity index (χ3n) is 3.41. The fourth-order valence-corrected chi connectivity index (χ4v) is 2.31. The van der Waals surface area contributed by atoms with Crippen molar-refractivity contribution in [1.29, 1.82) is 0 Å². The normalized spacial score (nSPS) is 12.1. The second kappa shape index (κ2) is 7.75. The highest BCUT2D eigenvalue weighted by Gasteiger charge is 2.12. The second-order valence-corrected chi connectivity index (χ2v) is 5.51. The minimum Gasteiger partial charge on any atom is -0.460 e. The maximum Gasteiger partial charge on any atom is 0.275 e. The summed E-state index contributed by atoms with van der Waals surface area (Å²) in [6.07, 6.45) is 0.495. The van der Waals surface area contributed by atoms with E-state index in [1.54, 1.807) is 18.2 Å². The lowest BCUT2D eigenvalue weighted by molar-refractivity contribution is -0.886. The third-order valence-corrected chi connectivity index (χ3v) is 3.41. The number of amides is 1. The van der Waals surface area contributed by atoms with Gasteiger partial charge >= 0.3 is 0 Å². The van der Waals surface area contributed by atoms with Gasteiger partial charge in [0.05, 0.1) is 7.05 Å². The van der Waals surface area contributed by atoms with Crippen LogP contribution in [-0.2, 0) is 17.8 Å². The summed E-state index contributed by atoms with van der Waals surface area (Å²) in [7, 11) is 1.94. The lowest BCUT2D eigenvalue weighted by atomic mass is 10.1. The van der Waals surface area contributed by atoms with E-state index in [4.69, 9.17) is 4.42 Å². The van der Waals surface area contributed by atoms with E-state index in [1.165, 1.54) is 6.07 Å². The Morgan fingerprint density at radius 1 is 1.27 bits per heavy atom. The zero-order chi connectivity index (χ0) is 15.9. The summed E-state index contributed by atoms with van der Waals surface area (Å²) in [5.74, 6) is 1.47. The largest absolute Gasteiger partial charge is 0.460 e. The predicted molar refractivity (Wildman–Crippen MR) is 82.0 cm³/mol. The molecule has 1 aromatic carbocycles. The zero-order valence-electron chi connectivity index (χ0n) is 13.0. The van der Waals surface area contributed by atoms with Crippen LogP contribution in [0.4, 0.5) is 4.39 Å². The molecule has 0 aliphatic rings. The Morgan fingerprint density at radius 2 is 2.05 bits per heavy atom. The van der Waals surface area contributed by atoms with Crippen molar-refractivity contribution in [3.05, 3.63) is 59.3 Å². The summed E-state index contributed by atoms with van der Waals surface area (Å²) >= 11 is 0. The van der Waals surface area contributed by atoms with Gasteiger partial charge in [-0.1, -0.05) is 18.2 Å². The first-order valence-corrected chi connectivity index (χ1v) is 7.41. The van der Waals surface area contributed by atoms with Crippen molar-refractivity contribution < 1.29 is 18.5 Å². The second-order valence-electron chi connectivity index (χ2n) is 5.51. The van der Waals surface area contributed by atoms with Crippen LogP contribution >= 0.6 is 0 Å². The number of benzene rings is 1. The fraction of sp³-hybridized carbons (Fsp3) is 0.353. The Kier molecular flexibility index (Phi) is 5.72. The van der Waals surface area contributed by atoms with E-state index in [1.807, 2.05) is 26.1 Å². The van der Waals surface area contributed by atoms with Gasteiger partial charge in [-0.05, 0) is 37.1 Å². The van der Waals surface area contributed by atoms with Crippen LogP contribution in [0.25, 0.3) is 0 Å². The molecule has 2 aromatic rings. The van der Waals surface area contributed by atoms with E-state index in [9.17, 15) is 9.18 Å². The molecule has 1 aromatic heterocycles. The van der Waals surface area contributed by atoms with Crippen molar-refractivity contribution in [3.63, 3.8) is 0 Å². The van der Waals surface area contributed by atoms with Crippen molar-refractivity contribution in [2.75, 3.05) is 20.1 Å². The average Bonchev–Trinajstić information content (AvgIpc) is 2.86. The zero-order valence-corrected chi connectivity index (χ0v) is 13.0. The van der Waals surface area contributed by atoms with Crippen molar-refractivity contribution >= 4 is 5.91 Å². The molecule has 2 N–H and O–H groups in total.